The van der Waals surface area contributed by atoms with Crippen molar-refractivity contribution >= 4 is 35.2 Å². The van der Waals surface area contributed by atoms with Gasteiger partial charge in [0.15, 0.2) is 0 Å². The Balaban J connectivity index is 1.46. The third kappa shape index (κ3) is 5.17. The highest BCUT2D eigenvalue weighted by Crippen LogP contribution is 2.20. The van der Waals surface area contributed by atoms with Crippen LogP contribution in [0.2, 0.25) is 5.02 Å². The molecule has 1 aromatic carbocycles. The minimum Gasteiger partial charge on any atom is -0.368 e. The zero-order valence-corrected chi connectivity index (χ0v) is 17.7. The summed E-state index contributed by atoms with van der Waals surface area (Å²) in [6.45, 7) is 6.54. The molecule has 1 aromatic heterocycles. The normalized spacial score (nSPS) is 14.5. The Bertz CT molecular complexity index is 929. The molecular weight excluding hydrogens is 390 g/mol. The van der Waals surface area contributed by atoms with Crippen molar-refractivity contribution in [2.24, 2.45) is 7.05 Å². The van der Waals surface area contributed by atoms with Crippen molar-refractivity contribution < 1.29 is 9.59 Å². The maximum absolute atomic E-state index is 12.4. The minimum atomic E-state index is -0.293. The maximum atomic E-state index is 12.4. The van der Waals surface area contributed by atoms with Gasteiger partial charge in [-0.1, -0.05) is 17.7 Å². The number of hydrogen-bond donors (Lipinski definition) is 1. The van der Waals surface area contributed by atoms with E-state index in [-0.39, 0.29) is 18.4 Å². The molecule has 29 heavy (non-hydrogen) atoms. The second-order valence-electron chi connectivity index (χ2n) is 7.11. The number of benzene rings is 1. The molecule has 2 aromatic rings. The van der Waals surface area contributed by atoms with Crippen molar-refractivity contribution in [2.45, 2.75) is 13.8 Å². The summed E-state index contributed by atoms with van der Waals surface area (Å²) >= 11 is 6.06. The minimum absolute atomic E-state index is 0.00859. The van der Waals surface area contributed by atoms with Crippen LogP contribution in [-0.4, -0.2) is 59.2 Å². The molecule has 0 saturated carbocycles. The smallest absolute Gasteiger partial charge is 0.244 e. The molecule has 1 aliphatic rings. The summed E-state index contributed by atoms with van der Waals surface area (Å²) in [6, 6.07) is 7.71. The molecule has 0 bridgehead atoms. The van der Waals surface area contributed by atoms with Crippen LogP contribution in [0.25, 0.3) is 6.08 Å². The molecule has 2 heterocycles. The highest BCUT2D eigenvalue weighted by atomic mass is 35.5. The second-order valence-corrected chi connectivity index (χ2v) is 7.54. The molecule has 0 spiro atoms. The van der Waals surface area contributed by atoms with E-state index in [1.54, 1.807) is 15.7 Å². The van der Waals surface area contributed by atoms with E-state index in [2.05, 4.69) is 15.3 Å². The van der Waals surface area contributed by atoms with E-state index in [1.165, 1.54) is 6.08 Å². The van der Waals surface area contributed by atoms with Crippen LogP contribution >= 0.6 is 11.6 Å². The first-order chi connectivity index (χ1) is 13.8. The van der Waals surface area contributed by atoms with E-state index in [0.717, 1.165) is 35.7 Å². The van der Waals surface area contributed by atoms with Crippen molar-refractivity contribution in [3.05, 3.63) is 52.3 Å². The highest BCUT2D eigenvalue weighted by molar-refractivity contribution is 6.30. The summed E-state index contributed by atoms with van der Waals surface area (Å²) in [4.78, 5) is 28.5. The first kappa shape index (κ1) is 20.9. The molecule has 3 rings (SSSR count). The van der Waals surface area contributed by atoms with E-state index >= 15 is 0 Å². The lowest BCUT2D eigenvalue weighted by Gasteiger charge is -2.36. The van der Waals surface area contributed by atoms with E-state index in [0.29, 0.717) is 18.1 Å². The fraction of sp³-hybridized carbons (Fsp3) is 0.381. The van der Waals surface area contributed by atoms with Crippen molar-refractivity contribution in [2.75, 3.05) is 37.6 Å². The number of nitrogens with zero attached hydrogens (tertiary/aromatic N) is 4. The molecule has 0 aliphatic carbocycles. The third-order valence-corrected chi connectivity index (χ3v) is 5.42. The van der Waals surface area contributed by atoms with Crippen LogP contribution in [0, 0.1) is 13.8 Å². The van der Waals surface area contributed by atoms with Crippen LogP contribution in [-0.2, 0) is 16.6 Å². The van der Waals surface area contributed by atoms with Crippen LogP contribution in [0.5, 0.6) is 0 Å². The number of carbonyl (C=O) groups excluding carboxylic acids is 2. The van der Waals surface area contributed by atoms with E-state index in [9.17, 15) is 9.59 Å². The summed E-state index contributed by atoms with van der Waals surface area (Å²) in [7, 11) is 1.87. The monoisotopic (exact) mass is 415 g/mol. The molecule has 1 fully saturated rings. The number of halogens is 1. The molecule has 7 nitrogen and oxygen atoms in total. The van der Waals surface area contributed by atoms with Gasteiger partial charge >= 0.3 is 0 Å². The summed E-state index contributed by atoms with van der Waals surface area (Å²) in [5.74, 6) is -0.371. The van der Waals surface area contributed by atoms with Crippen LogP contribution in [0.4, 0.5) is 5.69 Å². The fourth-order valence-electron chi connectivity index (χ4n) is 3.41. The lowest BCUT2D eigenvalue weighted by molar-refractivity contribution is -0.132. The topological polar surface area (TPSA) is 70.5 Å². The maximum Gasteiger partial charge on any atom is 0.244 e. The van der Waals surface area contributed by atoms with E-state index < -0.39 is 0 Å². The summed E-state index contributed by atoms with van der Waals surface area (Å²) in [5.41, 5.74) is 3.83. The first-order valence-electron chi connectivity index (χ1n) is 9.59. The number of aromatic nitrogens is 2. The van der Waals surface area contributed by atoms with Gasteiger partial charge in [-0.2, -0.15) is 5.10 Å². The Labute approximate surface area is 175 Å². The number of anilines is 1. The van der Waals surface area contributed by atoms with Crippen LogP contribution < -0.4 is 10.2 Å². The van der Waals surface area contributed by atoms with Gasteiger partial charge in [-0.05, 0) is 38.1 Å². The van der Waals surface area contributed by atoms with E-state index in [4.69, 9.17) is 11.6 Å². The van der Waals surface area contributed by atoms with Gasteiger partial charge in [0.05, 0.1) is 12.2 Å². The second kappa shape index (κ2) is 9.13. The Kier molecular flexibility index (Phi) is 6.59. The van der Waals surface area contributed by atoms with Gasteiger partial charge in [0.25, 0.3) is 0 Å². The summed E-state index contributed by atoms with van der Waals surface area (Å²) in [6.07, 6.45) is 3.18. The molecule has 1 N–H and O–H groups in total. The van der Waals surface area contributed by atoms with Gasteiger partial charge in [0.2, 0.25) is 11.8 Å². The number of piperazine rings is 1. The Hall–Kier alpha value is -2.80. The molecule has 2 amide bonds. The van der Waals surface area contributed by atoms with Crippen LogP contribution in [0.1, 0.15) is 17.0 Å². The largest absolute Gasteiger partial charge is 0.368 e. The number of carbonyl (C=O) groups is 2. The molecule has 1 aliphatic heterocycles. The van der Waals surface area contributed by atoms with Gasteiger partial charge in [0, 0.05) is 61.3 Å². The predicted octanol–water partition coefficient (Wildman–Crippen LogP) is 2.17. The number of nitrogens with one attached hydrogen (secondary N) is 1. The Morgan fingerprint density at radius 3 is 2.55 bits per heavy atom. The molecule has 0 atom stereocenters. The number of amides is 2. The standard InChI is InChI=1S/C21H26ClN5O2/c1-15-19(16(2)25(3)24-15)7-8-20(28)23-14-21(29)27-11-9-26(10-12-27)18-6-4-5-17(22)13-18/h4-8,13H,9-12,14H2,1-3H3,(H,23,28)/b8-7+. The Morgan fingerprint density at radius 2 is 1.93 bits per heavy atom. The number of rotatable bonds is 5. The van der Waals surface area contributed by atoms with Crippen molar-refractivity contribution in [3.8, 4) is 0 Å². The van der Waals surface area contributed by atoms with E-state index in [1.807, 2.05) is 45.2 Å². The van der Waals surface area contributed by atoms with Crippen molar-refractivity contribution in [3.63, 3.8) is 0 Å². The van der Waals surface area contributed by atoms with Gasteiger partial charge in [-0.15, -0.1) is 0 Å². The molecule has 1 saturated heterocycles. The zero-order chi connectivity index (χ0) is 21.0. The number of hydrogen-bond acceptors (Lipinski definition) is 4. The lowest BCUT2D eigenvalue weighted by atomic mass is 10.2. The fourth-order valence-corrected chi connectivity index (χ4v) is 3.60. The van der Waals surface area contributed by atoms with Crippen LogP contribution in [0.3, 0.4) is 0 Å². The average Bonchev–Trinajstić information content (AvgIpc) is 2.96. The summed E-state index contributed by atoms with van der Waals surface area (Å²) < 4.78 is 1.78. The van der Waals surface area contributed by atoms with Crippen molar-refractivity contribution in [1.29, 1.82) is 0 Å². The molecule has 8 heteroatoms. The zero-order valence-electron chi connectivity index (χ0n) is 17.0. The Morgan fingerprint density at radius 1 is 1.21 bits per heavy atom. The van der Waals surface area contributed by atoms with Crippen LogP contribution in [0.15, 0.2) is 30.3 Å². The third-order valence-electron chi connectivity index (χ3n) is 5.19. The SMILES string of the molecule is Cc1nn(C)c(C)c1/C=C/C(=O)NCC(=O)N1CCN(c2cccc(Cl)c2)CC1. The molecular formula is C21H26ClN5O2. The van der Waals surface area contributed by atoms with Gasteiger partial charge in [-0.25, -0.2) is 0 Å². The van der Waals surface area contributed by atoms with Gasteiger partial charge in [-0.3, -0.25) is 14.3 Å². The van der Waals surface area contributed by atoms with Gasteiger partial charge in [0.1, 0.15) is 0 Å². The first-order valence-corrected chi connectivity index (χ1v) is 9.97. The lowest BCUT2D eigenvalue weighted by Crippen LogP contribution is -2.51. The number of aryl methyl sites for hydroxylation is 2. The molecule has 0 radical (unpaired) electrons. The average molecular weight is 416 g/mol. The summed E-state index contributed by atoms with van der Waals surface area (Å²) in [5, 5.41) is 7.69. The van der Waals surface area contributed by atoms with Gasteiger partial charge < -0.3 is 15.1 Å². The highest BCUT2D eigenvalue weighted by Gasteiger charge is 2.21. The molecule has 154 valence electrons. The molecule has 0 unspecified atom stereocenters. The quantitative estimate of drug-likeness (QED) is 0.760. The van der Waals surface area contributed by atoms with Crippen molar-refractivity contribution in [1.82, 2.24) is 20.0 Å². The predicted molar refractivity (Wildman–Crippen MR) is 115 cm³/mol.